The Morgan fingerprint density at radius 3 is 2.31 bits per heavy atom. The SMILES string of the molecule is Cc1cc(Cl)ccc1Nc1ccc(NC(=O)c2c(C)cccc2C)cn1. The number of nitrogens with zero attached hydrogens (tertiary/aromatic N) is 1. The van der Waals surface area contributed by atoms with Crippen molar-refractivity contribution in [2.75, 3.05) is 10.6 Å². The fourth-order valence-corrected chi connectivity index (χ4v) is 3.04. The van der Waals surface area contributed by atoms with Crippen LogP contribution in [0.25, 0.3) is 0 Å². The van der Waals surface area contributed by atoms with Gasteiger partial charge in [-0.3, -0.25) is 4.79 Å². The molecule has 0 aliphatic heterocycles. The molecule has 2 N–H and O–H groups in total. The predicted octanol–water partition coefficient (Wildman–Crippen LogP) is 5.66. The molecule has 0 saturated carbocycles. The monoisotopic (exact) mass is 365 g/mol. The molecule has 132 valence electrons. The van der Waals surface area contributed by atoms with E-state index in [0.717, 1.165) is 22.4 Å². The molecule has 5 heteroatoms. The first-order valence-electron chi connectivity index (χ1n) is 8.31. The standard InChI is InChI=1S/C21H20ClN3O/c1-13-5-4-6-14(2)20(13)21(26)24-17-8-10-19(23-12-17)25-18-9-7-16(22)11-15(18)3/h4-12H,1-3H3,(H,23,25)(H,24,26). The smallest absolute Gasteiger partial charge is 0.256 e. The lowest BCUT2D eigenvalue weighted by Gasteiger charge is -2.12. The van der Waals surface area contributed by atoms with Crippen LogP contribution in [0.1, 0.15) is 27.0 Å². The first kappa shape index (κ1) is 18.0. The van der Waals surface area contributed by atoms with Gasteiger partial charge >= 0.3 is 0 Å². The van der Waals surface area contributed by atoms with Gasteiger partial charge < -0.3 is 10.6 Å². The molecule has 1 aromatic heterocycles. The minimum absolute atomic E-state index is 0.128. The van der Waals surface area contributed by atoms with Gasteiger partial charge in [-0.25, -0.2) is 4.98 Å². The van der Waals surface area contributed by atoms with E-state index in [1.807, 2.05) is 69.3 Å². The molecule has 0 atom stereocenters. The number of amides is 1. The van der Waals surface area contributed by atoms with Gasteiger partial charge in [-0.2, -0.15) is 0 Å². The number of carbonyl (C=O) groups is 1. The Kier molecular flexibility index (Phi) is 5.24. The Morgan fingerprint density at radius 1 is 0.962 bits per heavy atom. The maximum atomic E-state index is 12.5. The van der Waals surface area contributed by atoms with Gasteiger partial charge in [-0.05, 0) is 67.8 Å². The molecule has 0 unspecified atom stereocenters. The summed E-state index contributed by atoms with van der Waals surface area (Å²) in [5, 5.41) is 6.85. The molecular formula is C21H20ClN3O. The Hall–Kier alpha value is -2.85. The van der Waals surface area contributed by atoms with E-state index in [-0.39, 0.29) is 5.91 Å². The zero-order valence-corrected chi connectivity index (χ0v) is 15.7. The van der Waals surface area contributed by atoms with Gasteiger partial charge in [0.15, 0.2) is 0 Å². The fraction of sp³-hybridized carbons (Fsp3) is 0.143. The Balaban J connectivity index is 1.72. The van der Waals surface area contributed by atoms with Crippen molar-refractivity contribution in [3.8, 4) is 0 Å². The molecule has 0 saturated heterocycles. The molecule has 0 spiro atoms. The molecule has 1 amide bonds. The van der Waals surface area contributed by atoms with Crippen LogP contribution in [0.3, 0.4) is 0 Å². The van der Waals surface area contributed by atoms with Crippen LogP contribution in [-0.2, 0) is 0 Å². The van der Waals surface area contributed by atoms with Crippen LogP contribution in [0.15, 0.2) is 54.7 Å². The summed E-state index contributed by atoms with van der Waals surface area (Å²) < 4.78 is 0. The molecule has 0 aliphatic carbocycles. The van der Waals surface area contributed by atoms with Crippen molar-refractivity contribution in [1.29, 1.82) is 0 Å². The maximum absolute atomic E-state index is 12.5. The summed E-state index contributed by atoms with van der Waals surface area (Å²) in [5.41, 5.74) is 5.22. The third-order valence-electron chi connectivity index (χ3n) is 4.18. The number of aromatic nitrogens is 1. The molecule has 2 aromatic carbocycles. The number of halogens is 1. The Bertz CT molecular complexity index is 932. The largest absolute Gasteiger partial charge is 0.340 e. The van der Waals surface area contributed by atoms with E-state index in [9.17, 15) is 4.79 Å². The molecule has 0 fully saturated rings. The molecule has 26 heavy (non-hydrogen) atoms. The van der Waals surface area contributed by atoms with Crippen LogP contribution in [-0.4, -0.2) is 10.9 Å². The highest BCUT2D eigenvalue weighted by Gasteiger charge is 2.12. The van der Waals surface area contributed by atoms with Crippen LogP contribution < -0.4 is 10.6 Å². The number of nitrogens with one attached hydrogen (secondary N) is 2. The summed E-state index contributed by atoms with van der Waals surface area (Å²) in [6, 6.07) is 15.1. The van der Waals surface area contributed by atoms with E-state index in [2.05, 4.69) is 15.6 Å². The van der Waals surface area contributed by atoms with Crippen molar-refractivity contribution in [1.82, 2.24) is 4.98 Å². The molecule has 3 rings (SSSR count). The third kappa shape index (κ3) is 4.03. The number of hydrogen-bond donors (Lipinski definition) is 2. The van der Waals surface area contributed by atoms with Gasteiger partial charge in [-0.15, -0.1) is 0 Å². The summed E-state index contributed by atoms with van der Waals surface area (Å²) in [4.78, 5) is 16.9. The highest BCUT2D eigenvalue weighted by atomic mass is 35.5. The minimum atomic E-state index is -0.128. The Labute approximate surface area is 158 Å². The van der Waals surface area contributed by atoms with Gasteiger partial charge in [0, 0.05) is 16.3 Å². The van der Waals surface area contributed by atoms with E-state index < -0.39 is 0 Å². The van der Waals surface area contributed by atoms with Crippen molar-refractivity contribution >= 4 is 34.7 Å². The van der Waals surface area contributed by atoms with Gasteiger partial charge in [0.2, 0.25) is 0 Å². The first-order chi connectivity index (χ1) is 12.4. The molecule has 3 aromatic rings. The summed E-state index contributed by atoms with van der Waals surface area (Å²) in [6.45, 7) is 5.84. The highest BCUT2D eigenvalue weighted by molar-refractivity contribution is 6.30. The third-order valence-corrected chi connectivity index (χ3v) is 4.42. The van der Waals surface area contributed by atoms with E-state index in [0.29, 0.717) is 22.1 Å². The van der Waals surface area contributed by atoms with Crippen molar-refractivity contribution in [2.45, 2.75) is 20.8 Å². The number of anilines is 3. The number of benzene rings is 2. The van der Waals surface area contributed by atoms with E-state index in [1.165, 1.54) is 0 Å². The highest BCUT2D eigenvalue weighted by Crippen LogP contribution is 2.23. The summed E-state index contributed by atoms with van der Waals surface area (Å²) >= 11 is 5.98. The van der Waals surface area contributed by atoms with Crippen LogP contribution >= 0.6 is 11.6 Å². The van der Waals surface area contributed by atoms with Gasteiger partial charge in [0.1, 0.15) is 5.82 Å². The van der Waals surface area contributed by atoms with E-state index in [1.54, 1.807) is 6.20 Å². The fourth-order valence-electron chi connectivity index (χ4n) is 2.81. The zero-order valence-electron chi connectivity index (χ0n) is 14.9. The lowest BCUT2D eigenvalue weighted by atomic mass is 10.0. The summed E-state index contributed by atoms with van der Waals surface area (Å²) in [5.74, 6) is 0.567. The quantitative estimate of drug-likeness (QED) is 0.627. The van der Waals surface area contributed by atoms with Crippen molar-refractivity contribution in [3.63, 3.8) is 0 Å². The summed E-state index contributed by atoms with van der Waals surface area (Å²) in [7, 11) is 0. The topological polar surface area (TPSA) is 54.0 Å². The zero-order chi connectivity index (χ0) is 18.7. The maximum Gasteiger partial charge on any atom is 0.256 e. The number of carbonyl (C=O) groups excluding carboxylic acids is 1. The van der Waals surface area contributed by atoms with Gasteiger partial charge in [-0.1, -0.05) is 29.8 Å². The normalized spacial score (nSPS) is 10.5. The number of aryl methyl sites for hydroxylation is 3. The molecule has 1 heterocycles. The van der Waals surface area contributed by atoms with Gasteiger partial charge in [0.25, 0.3) is 5.91 Å². The summed E-state index contributed by atoms with van der Waals surface area (Å²) in [6.07, 6.45) is 1.64. The number of pyridine rings is 1. The van der Waals surface area contributed by atoms with Crippen LogP contribution in [0, 0.1) is 20.8 Å². The molecule has 0 radical (unpaired) electrons. The molecule has 0 bridgehead atoms. The minimum Gasteiger partial charge on any atom is -0.340 e. The van der Waals surface area contributed by atoms with E-state index in [4.69, 9.17) is 11.6 Å². The van der Waals surface area contributed by atoms with E-state index >= 15 is 0 Å². The van der Waals surface area contributed by atoms with Crippen molar-refractivity contribution < 1.29 is 4.79 Å². The lowest BCUT2D eigenvalue weighted by molar-refractivity contribution is 0.102. The van der Waals surface area contributed by atoms with Crippen LogP contribution in [0.5, 0.6) is 0 Å². The van der Waals surface area contributed by atoms with Crippen LogP contribution in [0.2, 0.25) is 5.02 Å². The first-order valence-corrected chi connectivity index (χ1v) is 8.68. The second kappa shape index (κ2) is 7.58. The molecular weight excluding hydrogens is 346 g/mol. The average Bonchev–Trinajstić information content (AvgIpc) is 2.59. The molecule has 4 nitrogen and oxygen atoms in total. The molecule has 0 aliphatic rings. The second-order valence-corrected chi connectivity index (χ2v) is 6.67. The second-order valence-electron chi connectivity index (χ2n) is 6.24. The number of rotatable bonds is 4. The van der Waals surface area contributed by atoms with Crippen LogP contribution in [0.4, 0.5) is 17.2 Å². The predicted molar refractivity (Wildman–Crippen MR) is 108 cm³/mol. The number of hydrogen-bond acceptors (Lipinski definition) is 3. The van der Waals surface area contributed by atoms with Crippen molar-refractivity contribution in [2.24, 2.45) is 0 Å². The average molecular weight is 366 g/mol. The lowest BCUT2D eigenvalue weighted by Crippen LogP contribution is -2.15. The van der Waals surface area contributed by atoms with Gasteiger partial charge in [0.05, 0.1) is 11.9 Å². The van der Waals surface area contributed by atoms with Crippen molar-refractivity contribution in [3.05, 3.63) is 82.0 Å². The Morgan fingerprint density at radius 2 is 1.69 bits per heavy atom.